The van der Waals surface area contributed by atoms with Crippen LogP contribution < -0.4 is 0 Å². The Balaban J connectivity index is 5.55. The lowest BCUT2D eigenvalue weighted by Crippen LogP contribution is -2.79. The number of carbonyl (C=O) groups is 2. The third-order valence-electron chi connectivity index (χ3n) is 3.49. The highest BCUT2D eigenvalue weighted by molar-refractivity contribution is 5.81. The maximum atomic E-state index is 11.6. The highest BCUT2D eigenvalue weighted by Gasteiger charge is 2.76. The molecular formula is C14H26O12. The van der Waals surface area contributed by atoms with Crippen molar-refractivity contribution >= 4 is 11.9 Å². The second-order valence-corrected chi connectivity index (χ2v) is 5.67. The van der Waals surface area contributed by atoms with E-state index in [4.69, 9.17) is 0 Å². The molecule has 0 aromatic rings. The number of hydrogen-bond acceptors (Lipinski definition) is 12. The van der Waals surface area contributed by atoms with E-state index >= 15 is 0 Å². The van der Waals surface area contributed by atoms with Crippen molar-refractivity contribution in [3.8, 4) is 0 Å². The maximum Gasteiger partial charge on any atom is 0.372 e. The Bertz CT molecular complexity index is 438. The van der Waals surface area contributed by atoms with Gasteiger partial charge in [-0.2, -0.15) is 0 Å². The second kappa shape index (κ2) is 9.01. The van der Waals surface area contributed by atoms with Crippen LogP contribution in [0, 0.1) is 0 Å². The van der Waals surface area contributed by atoms with E-state index < -0.39 is 35.1 Å². The molecule has 0 aromatic heterocycles. The number of unbranched alkanes of at least 4 members (excludes halogenated alkanes) is 2. The monoisotopic (exact) mass is 386 g/mol. The van der Waals surface area contributed by atoms with Crippen LogP contribution >= 0.6 is 0 Å². The van der Waals surface area contributed by atoms with E-state index in [1.165, 1.54) is 0 Å². The Hall–Kier alpha value is -1.38. The fourth-order valence-corrected chi connectivity index (χ4v) is 1.59. The van der Waals surface area contributed by atoms with Gasteiger partial charge in [0.05, 0.1) is 13.2 Å². The van der Waals surface area contributed by atoms with Crippen molar-refractivity contribution in [3.05, 3.63) is 0 Å². The van der Waals surface area contributed by atoms with Crippen molar-refractivity contribution in [2.24, 2.45) is 0 Å². The molecule has 8 N–H and O–H groups in total. The summed E-state index contributed by atoms with van der Waals surface area (Å²) in [5, 5.41) is 77.1. The number of rotatable bonds is 11. The summed E-state index contributed by atoms with van der Waals surface area (Å²) in [5.74, 6) is -22.8. The molecule has 0 aliphatic heterocycles. The molecule has 12 heteroatoms. The van der Waals surface area contributed by atoms with Crippen LogP contribution in [0.2, 0.25) is 0 Å². The average Bonchev–Trinajstić information content (AvgIpc) is 2.54. The van der Waals surface area contributed by atoms with Crippen LogP contribution in [0.25, 0.3) is 0 Å². The van der Waals surface area contributed by atoms with Crippen molar-refractivity contribution in [3.63, 3.8) is 0 Å². The van der Waals surface area contributed by atoms with Gasteiger partial charge >= 0.3 is 23.5 Å². The highest BCUT2D eigenvalue weighted by Crippen LogP contribution is 2.36. The zero-order valence-corrected chi connectivity index (χ0v) is 14.5. The average molecular weight is 386 g/mol. The molecule has 12 nitrogen and oxygen atoms in total. The normalized spacial score (nSPS) is 13.5. The molecule has 0 fully saturated rings. The molecule has 0 amide bonds. The SMILES string of the molecule is CCCCOC(=O)C(O)(O)C(O)(O)C(O)(O)C(O)(O)C(=O)OCCCC. The number of aliphatic hydroxyl groups is 8. The summed E-state index contributed by atoms with van der Waals surface area (Å²) in [6.07, 6.45) is 1.54. The van der Waals surface area contributed by atoms with E-state index in [9.17, 15) is 50.4 Å². The van der Waals surface area contributed by atoms with Gasteiger partial charge in [-0.05, 0) is 12.8 Å². The molecule has 0 rings (SSSR count). The minimum Gasteiger partial charge on any atom is -0.462 e. The molecule has 154 valence electrons. The van der Waals surface area contributed by atoms with Crippen LogP contribution in [0.1, 0.15) is 39.5 Å². The van der Waals surface area contributed by atoms with Gasteiger partial charge in [-0.1, -0.05) is 26.7 Å². The van der Waals surface area contributed by atoms with Crippen LogP contribution in [0.15, 0.2) is 0 Å². The highest BCUT2D eigenvalue weighted by atomic mass is 16.7. The van der Waals surface area contributed by atoms with Crippen molar-refractivity contribution in [1.29, 1.82) is 0 Å². The van der Waals surface area contributed by atoms with E-state index in [0.717, 1.165) is 0 Å². The topological polar surface area (TPSA) is 214 Å². The van der Waals surface area contributed by atoms with Crippen LogP contribution in [-0.4, -0.2) is 89.2 Å². The number of hydrogen-bond donors (Lipinski definition) is 8. The fourth-order valence-electron chi connectivity index (χ4n) is 1.59. The summed E-state index contributed by atoms with van der Waals surface area (Å²) >= 11 is 0. The largest absolute Gasteiger partial charge is 0.462 e. The molecule has 0 spiro atoms. The molecule has 0 aromatic carbocycles. The first-order chi connectivity index (χ1) is 11.7. The molecule has 0 radical (unpaired) electrons. The van der Waals surface area contributed by atoms with Gasteiger partial charge in [0.25, 0.3) is 11.6 Å². The van der Waals surface area contributed by atoms with E-state index in [0.29, 0.717) is 12.8 Å². The van der Waals surface area contributed by atoms with E-state index in [1.807, 2.05) is 0 Å². The van der Waals surface area contributed by atoms with Crippen LogP contribution in [0.4, 0.5) is 0 Å². The molecule has 0 saturated carbocycles. The van der Waals surface area contributed by atoms with E-state index in [1.54, 1.807) is 13.8 Å². The van der Waals surface area contributed by atoms with Gasteiger partial charge < -0.3 is 50.3 Å². The first-order valence-electron chi connectivity index (χ1n) is 7.85. The lowest BCUT2D eigenvalue weighted by atomic mass is 9.89. The van der Waals surface area contributed by atoms with Gasteiger partial charge in [0.1, 0.15) is 0 Å². The van der Waals surface area contributed by atoms with Crippen molar-refractivity contribution in [2.75, 3.05) is 13.2 Å². The van der Waals surface area contributed by atoms with Crippen LogP contribution in [0.3, 0.4) is 0 Å². The molecule has 0 saturated heterocycles. The Kier molecular flexibility index (Phi) is 8.53. The Labute approximate surface area is 148 Å². The lowest BCUT2D eigenvalue weighted by Gasteiger charge is -2.44. The Morgan fingerprint density at radius 1 is 0.654 bits per heavy atom. The predicted molar refractivity (Wildman–Crippen MR) is 80.4 cm³/mol. The van der Waals surface area contributed by atoms with Crippen molar-refractivity contribution in [2.45, 2.75) is 62.7 Å². The molecule has 0 heterocycles. The van der Waals surface area contributed by atoms with Gasteiger partial charge in [-0.3, -0.25) is 0 Å². The molecule has 0 aliphatic rings. The third-order valence-corrected chi connectivity index (χ3v) is 3.49. The summed E-state index contributed by atoms with van der Waals surface area (Å²) in [6, 6.07) is 0. The maximum absolute atomic E-state index is 11.6. The summed E-state index contributed by atoms with van der Waals surface area (Å²) < 4.78 is 8.64. The Morgan fingerprint density at radius 3 is 1.15 bits per heavy atom. The molecule has 0 atom stereocenters. The van der Waals surface area contributed by atoms with Gasteiger partial charge in [0.2, 0.25) is 0 Å². The first kappa shape index (κ1) is 24.6. The van der Waals surface area contributed by atoms with Crippen molar-refractivity contribution in [1.82, 2.24) is 0 Å². The zero-order chi connectivity index (χ0) is 20.8. The number of esters is 2. The van der Waals surface area contributed by atoms with Crippen LogP contribution in [0.5, 0.6) is 0 Å². The van der Waals surface area contributed by atoms with E-state index in [-0.39, 0.29) is 26.1 Å². The molecule has 0 aliphatic carbocycles. The molecule has 0 bridgehead atoms. The Morgan fingerprint density at radius 2 is 0.923 bits per heavy atom. The lowest BCUT2D eigenvalue weighted by molar-refractivity contribution is -0.490. The summed E-state index contributed by atoms with van der Waals surface area (Å²) in [7, 11) is 0. The smallest absolute Gasteiger partial charge is 0.372 e. The number of ether oxygens (including phenoxy) is 2. The predicted octanol–water partition coefficient (Wildman–Crippen LogP) is -3.60. The van der Waals surface area contributed by atoms with Crippen LogP contribution in [-0.2, 0) is 19.1 Å². The van der Waals surface area contributed by atoms with Gasteiger partial charge in [0, 0.05) is 0 Å². The standard InChI is InChI=1S/C14H26O12/c1-3-5-7-25-9(15)11(17,18)13(21,22)14(23,24)12(19,20)10(16)26-8-6-4-2/h17-24H,3-8H2,1-2H3. The molecular weight excluding hydrogens is 360 g/mol. The summed E-state index contributed by atoms with van der Waals surface area (Å²) in [4.78, 5) is 23.2. The van der Waals surface area contributed by atoms with Gasteiger partial charge in [0.15, 0.2) is 0 Å². The molecule has 26 heavy (non-hydrogen) atoms. The minimum atomic E-state index is -4.78. The fraction of sp³-hybridized carbons (Fsp3) is 0.857. The van der Waals surface area contributed by atoms with Gasteiger partial charge in [-0.25, -0.2) is 9.59 Å². The van der Waals surface area contributed by atoms with Crippen molar-refractivity contribution < 1.29 is 59.9 Å². The molecule has 0 unspecified atom stereocenters. The summed E-state index contributed by atoms with van der Waals surface area (Å²) in [6.45, 7) is 2.62. The third kappa shape index (κ3) is 4.66. The second-order valence-electron chi connectivity index (χ2n) is 5.67. The first-order valence-corrected chi connectivity index (χ1v) is 7.85. The summed E-state index contributed by atoms with van der Waals surface area (Å²) in [5.41, 5.74) is 0. The number of carbonyl (C=O) groups excluding carboxylic acids is 2. The zero-order valence-electron chi connectivity index (χ0n) is 14.5. The van der Waals surface area contributed by atoms with Gasteiger partial charge in [-0.15, -0.1) is 0 Å². The van der Waals surface area contributed by atoms with E-state index in [2.05, 4.69) is 9.47 Å². The minimum absolute atomic E-state index is 0.253. The quantitative estimate of drug-likeness (QED) is 0.0982.